The van der Waals surface area contributed by atoms with Gasteiger partial charge in [-0.05, 0) is 68.3 Å². The fourth-order valence-electron chi connectivity index (χ4n) is 4.75. The van der Waals surface area contributed by atoms with E-state index < -0.39 is 0 Å². The van der Waals surface area contributed by atoms with E-state index in [9.17, 15) is 4.79 Å². The fraction of sp³-hybridized carbons (Fsp3) is 0.632. The molecule has 1 spiro atoms. The van der Waals surface area contributed by atoms with Crippen LogP contribution in [0.1, 0.15) is 50.5 Å². The molecule has 2 aliphatic carbocycles. The molecule has 2 saturated carbocycles. The van der Waals surface area contributed by atoms with Crippen LogP contribution in [0.5, 0.6) is 0 Å². The van der Waals surface area contributed by atoms with Crippen molar-refractivity contribution in [1.29, 1.82) is 0 Å². The third kappa shape index (κ3) is 2.85. The maximum atomic E-state index is 12.9. The largest absolute Gasteiger partial charge is 0.346 e. The van der Waals surface area contributed by atoms with Gasteiger partial charge in [-0.15, -0.1) is 0 Å². The van der Waals surface area contributed by atoms with Crippen LogP contribution in [-0.2, 0) is 10.3 Å². The lowest BCUT2D eigenvalue weighted by Gasteiger charge is -2.32. The number of piperidine rings is 1. The first-order valence-electron chi connectivity index (χ1n) is 8.92. The van der Waals surface area contributed by atoms with Gasteiger partial charge in [0.05, 0.1) is 5.54 Å². The molecule has 1 aromatic carbocycles. The third-order valence-electron chi connectivity index (χ3n) is 6.32. The lowest BCUT2D eigenvalue weighted by Crippen LogP contribution is -2.45. The highest BCUT2D eigenvalue weighted by Crippen LogP contribution is 2.59. The van der Waals surface area contributed by atoms with E-state index in [0.717, 1.165) is 49.7 Å². The molecule has 1 heterocycles. The molecular formula is C19H25BrN2O. The van der Waals surface area contributed by atoms with Crippen LogP contribution >= 0.6 is 15.9 Å². The van der Waals surface area contributed by atoms with Crippen molar-refractivity contribution < 1.29 is 4.79 Å². The maximum Gasteiger partial charge on any atom is 0.224 e. The van der Waals surface area contributed by atoms with Gasteiger partial charge in [-0.2, -0.15) is 0 Å². The first-order chi connectivity index (χ1) is 11.1. The van der Waals surface area contributed by atoms with Gasteiger partial charge in [-0.1, -0.05) is 40.9 Å². The van der Waals surface area contributed by atoms with Gasteiger partial charge in [0.1, 0.15) is 0 Å². The lowest BCUT2D eigenvalue weighted by molar-refractivity contribution is -0.125. The van der Waals surface area contributed by atoms with Crippen molar-refractivity contribution in [2.75, 3.05) is 13.1 Å². The summed E-state index contributed by atoms with van der Waals surface area (Å²) in [4.78, 5) is 12.9. The number of nitrogens with one attached hydrogen (secondary N) is 2. The second-order valence-corrected chi connectivity index (χ2v) is 8.57. The van der Waals surface area contributed by atoms with Gasteiger partial charge in [0.15, 0.2) is 0 Å². The Labute approximate surface area is 146 Å². The third-order valence-corrected chi connectivity index (χ3v) is 6.85. The smallest absolute Gasteiger partial charge is 0.224 e. The van der Waals surface area contributed by atoms with E-state index in [0.29, 0.717) is 11.3 Å². The molecule has 0 radical (unpaired) electrons. The molecule has 1 aromatic rings. The Bertz CT molecular complexity index is 586. The average molecular weight is 377 g/mol. The molecule has 3 nitrogen and oxygen atoms in total. The molecule has 4 heteroatoms. The summed E-state index contributed by atoms with van der Waals surface area (Å²) in [5, 5.41) is 6.90. The number of carbonyl (C=O) groups excluding carboxylic acids is 1. The molecular weight excluding hydrogens is 352 g/mol. The zero-order valence-electron chi connectivity index (χ0n) is 13.5. The van der Waals surface area contributed by atoms with Crippen LogP contribution in [0.2, 0.25) is 0 Å². The molecule has 3 aliphatic rings. The van der Waals surface area contributed by atoms with Gasteiger partial charge >= 0.3 is 0 Å². The summed E-state index contributed by atoms with van der Waals surface area (Å²) in [5.41, 5.74) is 1.45. The highest BCUT2D eigenvalue weighted by Gasteiger charge is 2.58. The molecule has 1 aliphatic heterocycles. The van der Waals surface area contributed by atoms with E-state index in [2.05, 4.69) is 50.8 Å². The minimum absolute atomic E-state index is 0.130. The zero-order chi connectivity index (χ0) is 15.9. The highest BCUT2D eigenvalue weighted by molar-refractivity contribution is 9.10. The summed E-state index contributed by atoms with van der Waals surface area (Å²) >= 11 is 3.51. The van der Waals surface area contributed by atoms with Crippen LogP contribution < -0.4 is 10.6 Å². The summed E-state index contributed by atoms with van der Waals surface area (Å²) in [7, 11) is 0. The van der Waals surface area contributed by atoms with Crippen LogP contribution in [0.4, 0.5) is 0 Å². The van der Waals surface area contributed by atoms with Crippen molar-refractivity contribution in [2.45, 2.75) is 50.5 Å². The highest BCUT2D eigenvalue weighted by atomic mass is 79.9. The number of amides is 1. The SMILES string of the molecule is O=C(NC1(c2ccc(Br)cc2)CCCC1)C1CC12CCNCC2. The van der Waals surface area contributed by atoms with E-state index in [1.807, 2.05) is 0 Å². The predicted octanol–water partition coefficient (Wildman–Crippen LogP) is 3.72. The first-order valence-corrected chi connectivity index (χ1v) is 9.72. The number of carbonyl (C=O) groups is 1. The Balaban J connectivity index is 1.51. The van der Waals surface area contributed by atoms with Gasteiger partial charge in [0.2, 0.25) is 5.91 Å². The molecule has 1 unspecified atom stereocenters. The van der Waals surface area contributed by atoms with Crippen LogP contribution in [0.15, 0.2) is 28.7 Å². The molecule has 23 heavy (non-hydrogen) atoms. The maximum absolute atomic E-state index is 12.9. The lowest BCUT2D eigenvalue weighted by atomic mass is 9.87. The molecule has 2 N–H and O–H groups in total. The van der Waals surface area contributed by atoms with Crippen LogP contribution in [-0.4, -0.2) is 19.0 Å². The monoisotopic (exact) mass is 376 g/mol. The molecule has 3 fully saturated rings. The Morgan fingerprint density at radius 1 is 1.09 bits per heavy atom. The van der Waals surface area contributed by atoms with E-state index in [1.54, 1.807) is 0 Å². The predicted molar refractivity (Wildman–Crippen MR) is 95.1 cm³/mol. The van der Waals surface area contributed by atoms with Gasteiger partial charge in [0, 0.05) is 10.4 Å². The molecule has 1 saturated heterocycles. The quantitative estimate of drug-likeness (QED) is 0.843. The van der Waals surface area contributed by atoms with Gasteiger partial charge in [-0.25, -0.2) is 0 Å². The van der Waals surface area contributed by atoms with E-state index in [-0.39, 0.29) is 11.5 Å². The molecule has 1 atom stereocenters. The number of rotatable bonds is 3. The normalized spacial score (nSPS) is 27.8. The Morgan fingerprint density at radius 2 is 1.74 bits per heavy atom. The number of hydrogen-bond donors (Lipinski definition) is 2. The fourth-order valence-corrected chi connectivity index (χ4v) is 5.02. The second-order valence-electron chi connectivity index (χ2n) is 7.65. The van der Waals surface area contributed by atoms with Crippen molar-refractivity contribution in [1.82, 2.24) is 10.6 Å². The number of benzene rings is 1. The summed E-state index contributed by atoms with van der Waals surface area (Å²) in [6.07, 6.45) is 7.97. The van der Waals surface area contributed by atoms with Crippen molar-refractivity contribution in [3.63, 3.8) is 0 Å². The van der Waals surface area contributed by atoms with Gasteiger partial charge < -0.3 is 10.6 Å². The molecule has 1 amide bonds. The summed E-state index contributed by atoms with van der Waals surface area (Å²) in [6, 6.07) is 8.52. The molecule has 4 rings (SSSR count). The van der Waals surface area contributed by atoms with Crippen molar-refractivity contribution >= 4 is 21.8 Å². The standard InChI is InChI=1S/C19H25BrN2O/c20-15-5-3-14(4-6-15)19(7-1-2-8-19)22-17(23)16-13-18(16)9-11-21-12-10-18/h3-6,16,21H,1-2,7-13H2,(H,22,23). The van der Waals surface area contributed by atoms with Crippen molar-refractivity contribution in [3.05, 3.63) is 34.3 Å². The number of hydrogen-bond acceptors (Lipinski definition) is 2. The van der Waals surface area contributed by atoms with Crippen LogP contribution in [0.3, 0.4) is 0 Å². The van der Waals surface area contributed by atoms with E-state index >= 15 is 0 Å². The summed E-state index contributed by atoms with van der Waals surface area (Å²) in [6.45, 7) is 2.14. The van der Waals surface area contributed by atoms with Crippen LogP contribution in [0.25, 0.3) is 0 Å². The average Bonchev–Trinajstić information content (AvgIpc) is 3.04. The molecule has 0 aromatic heterocycles. The Hall–Kier alpha value is -0.870. The summed E-state index contributed by atoms with van der Waals surface area (Å²) in [5.74, 6) is 0.550. The van der Waals surface area contributed by atoms with Crippen molar-refractivity contribution in [2.24, 2.45) is 11.3 Å². The van der Waals surface area contributed by atoms with Gasteiger partial charge in [-0.3, -0.25) is 4.79 Å². The molecule has 124 valence electrons. The van der Waals surface area contributed by atoms with Crippen LogP contribution in [0, 0.1) is 11.3 Å². The van der Waals surface area contributed by atoms with E-state index in [4.69, 9.17) is 0 Å². The number of halogens is 1. The second kappa shape index (κ2) is 5.89. The van der Waals surface area contributed by atoms with Crippen molar-refractivity contribution in [3.8, 4) is 0 Å². The van der Waals surface area contributed by atoms with Gasteiger partial charge in [0.25, 0.3) is 0 Å². The Kier molecular flexibility index (Phi) is 4.01. The minimum Gasteiger partial charge on any atom is -0.346 e. The minimum atomic E-state index is -0.130. The van der Waals surface area contributed by atoms with E-state index in [1.165, 1.54) is 18.4 Å². The molecule has 0 bridgehead atoms. The zero-order valence-corrected chi connectivity index (χ0v) is 15.1. The Morgan fingerprint density at radius 3 is 2.39 bits per heavy atom. The first kappa shape index (κ1) is 15.6. The topological polar surface area (TPSA) is 41.1 Å². The summed E-state index contributed by atoms with van der Waals surface area (Å²) < 4.78 is 1.09.